The Morgan fingerprint density at radius 3 is 2.67 bits per heavy atom. The van der Waals surface area contributed by atoms with Gasteiger partial charge in [0.2, 0.25) is 0 Å². The molecule has 0 aromatic heterocycles. The Balaban J connectivity index is 1.99. The highest BCUT2D eigenvalue weighted by atomic mass is 15.3. The first-order chi connectivity index (χ1) is 8.68. The lowest BCUT2D eigenvalue weighted by atomic mass is 10.1. The van der Waals surface area contributed by atoms with Crippen LogP contribution in [0.25, 0.3) is 0 Å². The van der Waals surface area contributed by atoms with Crippen molar-refractivity contribution in [2.75, 3.05) is 33.7 Å². The zero-order chi connectivity index (χ0) is 13.0. The summed E-state index contributed by atoms with van der Waals surface area (Å²) in [7, 11) is 4.25. The maximum absolute atomic E-state index is 4.60. The number of amidine groups is 1. The second kappa shape index (κ2) is 6.01. The number of rotatable bonds is 5. The smallest absolute Gasteiger partial charge is 0.0964 e. The molecule has 0 saturated carbocycles. The molecule has 1 aromatic rings. The van der Waals surface area contributed by atoms with Gasteiger partial charge in [-0.1, -0.05) is 30.3 Å². The number of hydrogen-bond donors (Lipinski definition) is 0. The van der Waals surface area contributed by atoms with E-state index in [1.54, 1.807) is 0 Å². The van der Waals surface area contributed by atoms with Gasteiger partial charge in [0, 0.05) is 6.54 Å². The Morgan fingerprint density at radius 2 is 2.00 bits per heavy atom. The van der Waals surface area contributed by atoms with Crippen LogP contribution in [0.1, 0.15) is 24.9 Å². The average Bonchev–Trinajstić information content (AvgIpc) is 2.72. The molecule has 0 aliphatic carbocycles. The predicted octanol–water partition coefficient (Wildman–Crippen LogP) is 2.41. The number of nitrogens with zero attached hydrogens (tertiary/aromatic N) is 3. The average molecular weight is 245 g/mol. The molecule has 0 radical (unpaired) electrons. The van der Waals surface area contributed by atoms with E-state index in [2.05, 4.69) is 66.1 Å². The fourth-order valence-electron chi connectivity index (χ4n) is 2.47. The molecule has 3 nitrogen and oxygen atoms in total. The molecule has 0 saturated heterocycles. The van der Waals surface area contributed by atoms with E-state index >= 15 is 0 Å². The molecule has 1 aliphatic rings. The molecular formula is C15H23N3. The van der Waals surface area contributed by atoms with Crippen LogP contribution in [0, 0.1) is 0 Å². The number of hydrogen-bond acceptors (Lipinski definition) is 3. The van der Waals surface area contributed by atoms with Gasteiger partial charge in [-0.2, -0.15) is 0 Å². The first-order valence-electron chi connectivity index (χ1n) is 6.66. The van der Waals surface area contributed by atoms with Gasteiger partial charge in [-0.25, -0.2) is 0 Å². The third-order valence-corrected chi connectivity index (χ3v) is 3.47. The van der Waals surface area contributed by atoms with E-state index in [0.717, 1.165) is 19.6 Å². The molecule has 0 fully saturated rings. The van der Waals surface area contributed by atoms with E-state index in [-0.39, 0.29) is 0 Å². The topological polar surface area (TPSA) is 18.8 Å². The fraction of sp³-hybridized carbons (Fsp3) is 0.533. The van der Waals surface area contributed by atoms with E-state index < -0.39 is 0 Å². The van der Waals surface area contributed by atoms with Gasteiger partial charge >= 0.3 is 0 Å². The van der Waals surface area contributed by atoms with Crippen LogP contribution >= 0.6 is 0 Å². The molecule has 0 spiro atoms. The highest BCUT2D eigenvalue weighted by Crippen LogP contribution is 2.26. The molecule has 0 bridgehead atoms. The molecule has 2 rings (SSSR count). The summed E-state index contributed by atoms with van der Waals surface area (Å²) >= 11 is 0. The first-order valence-corrected chi connectivity index (χ1v) is 6.66. The lowest BCUT2D eigenvalue weighted by molar-refractivity contribution is 0.312. The normalized spacial score (nSPS) is 19.4. The van der Waals surface area contributed by atoms with E-state index in [1.807, 2.05) is 0 Å². The minimum Gasteiger partial charge on any atom is -0.352 e. The zero-order valence-corrected chi connectivity index (χ0v) is 11.6. The quantitative estimate of drug-likeness (QED) is 0.793. The van der Waals surface area contributed by atoms with Gasteiger partial charge in [0.25, 0.3) is 0 Å². The maximum atomic E-state index is 4.60. The molecule has 1 aliphatic heterocycles. The van der Waals surface area contributed by atoms with Gasteiger partial charge in [-0.05, 0) is 39.5 Å². The summed E-state index contributed by atoms with van der Waals surface area (Å²) in [5.41, 5.74) is 1.38. The van der Waals surface area contributed by atoms with Crippen molar-refractivity contribution >= 4 is 5.84 Å². The van der Waals surface area contributed by atoms with Crippen molar-refractivity contribution < 1.29 is 0 Å². The summed E-state index contributed by atoms with van der Waals surface area (Å²) < 4.78 is 0. The molecule has 1 atom stereocenters. The Kier molecular flexibility index (Phi) is 4.37. The summed E-state index contributed by atoms with van der Waals surface area (Å²) in [5.74, 6) is 1.18. The highest BCUT2D eigenvalue weighted by Gasteiger charge is 2.25. The third-order valence-electron chi connectivity index (χ3n) is 3.47. The Labute approximate surface area is 110 Å². The summed E-state index contributed by atoms with van der Waals surface area (Å²) in [6.07, 6.45) is 1.18. The monoisotopic (exact) mass is 245 g/mol. The van der Waals surface area contributed by atoms with E-state index in [1.165, 1.54) is 17.8 Å². The second-order valence-electron chi connectivity index (χ2n) is 5.16. The van der Waals surface area contributed by atoms with Crippen LogP contribution in [0.2, 0.25) is 0 Å². The SMILES string of the molecule is CC1=NCC(c2ccccc2)N1CCCN(C)C. The molecule has 98 valence electrons. The summed E-state index contributed by atoms with van der Waals surface area (Å²) in [4.78, 5) is 9.28. The highest BCUT2D eigenvalue weighted by molar-refractivity contribution is 5.82. The molecule has 1 unspecified atom stereocenters. The molecule has 0 N–H and O–H groups in total. The van der Waals surface area contributed by atoms with Crippen LogP contribution in [0.5, 0.6) is 0 Å². The predicted molar refractivity (Wildman–Crippen MR) is 77.0 cm³/mol. The van der Waals surface area contributed by atoms with Crippen molar-refractivity contribution in [1.82, 2.24) is 9.80 Å². The minimum absolute atomic E-state index is 0.438. The van der Waals surface area contributed by atoms with Gasteiger partial charge in [0.05, 0.1) is 18.4 Å². The fourth-order valence-corrected chi connectivity index (χ4v) is 2.47. The van der Waals surface area contributed by atoms with Crippen LogP contribution < -0.4 is 0 Å². The maximum Gasteiger partial charge on any atom is 0.0964 e. The summed E-state index contributed by atoms with van der Waals surface area (Å²) in [6, 6.07) is 11.1. The lowest BCUT2D eigenvalue weighted by Crippen LogP contribution is -2.32. The van der Waals surface area contributed by atoms with Crippen molar-refractivity contribution in [2.24, 2.45) is 4.99 Å². The minimum atomic E-state index is 0.438. The van der Waals surface area contributed by atoms with Crippen LogP contribution in [0.3, 0.4) is 0 Å². The molecule has 0 amide bonds. The Hall–Kier alpha value is -1.35. The van der Waals surface area contributed by atoms with Crippen LogP contribution in [0.4, 0.5) is 0 Å². The van der Waals surface area contributed by atoms with Crippen molar-refractivity contribution in [3.05, 3.63) is 35.9 Å². The zero-order valence-electron chi connectivity index (χ0n) is 11.6. The largest absolute Gasteiger partial charge is 0.352 e. The third kappa shape index (κ3) is 3.10. The second-order valence-corrected chi connectivity index (χ2v) is 5.16. The van der Waals surface area contributed by atoms with Crippen LogP contribution in [-0.2, 0) is 0 Å². The number of aliphatic imine (C=N–C) groups is 1. The molecule has 1 heterocycles. The number of benzene rings is 1. The Bertz CT molecular complexity index is 397. The van der Waals surface area contributed by atoms with Crippen molar-refractivity contribution in [2.45, 2.75) is 19.4 Å². The van der Waals surface area contributed by atoms with Crippen LogP contribution in [0.15, 0.2) is 35.3 Å². The molecule has 1 aromatic carbocycles. The molecule has 18 heavy (non-hydrogen) atoms. The first kappa shape index (κ1) is 13.1. The summed E-state index contributed by atoms with van der Waals surface area (Å²) in [5, 5.41) is 0. The summed E-state index contributed by atoms with van der Waals surface area (Å²) in [6.45, 7) is 5.24. The van der Waals surface area contributed by atoms with Gasteiger partial charge in [0.15, 0.2) is 0 Å². The van der Waals surface area contributed by atoms with E-state index in [0.29, 0.717) is 6.04 Å². The standard InChI is InChI=1S/C15H23N3/c1-13-16-12-15(14-8-5-4-6-9-14)18(13)11-7-10-17(2)3/h4-6,8-9,15H,7,10-12H2,1-3H3. The van der Waals surface area contributed by atoms with Gasteiger partial charge in [-0.15, -0.1) is 0 Å². The van der Waals surface area contributed by atoms with Gasteiger partial charge in [-0.3, -0.25) is 4.99 Å². The van der Waals surface area contributed by atoms with Crippen molar-refractivity contribution in [3.63, 3.8) is 0 Å². The Morgan fingerprint density at radius 1 is 1.28 bits per heavy atom. The van der Waals surface area contributed by atoms with Crippen molar-refractivity contribution in [3.8, 4) is 0 Å². The lowest BCUT2D eigenvalue weighted by Gasteiger charge is -2.27. The van der Waals surface area contributed by atoms with E-state index in [4.69, 9.17) is 0 Å². The van der Waals surface area contributed by atoms with Crippen LogP contribution in [-0.4, -0.2) is 49.4 Å². The van der Waals surface area contributed by atoms with Gasteiger partial charge < -0.3 is 9.80 Å². The molecular weight excluding hydrogens is 222 g/mol. The van der Waals surface area contributed by atoms with E-state index in [9.17, 15) is 0 Å². The molecule has 3 heteroatoms. The van der Waals surface area contributed by atoms with Crippen molar-refractivity contribution in [1.29, 1.82) is 0 Å². The van der Waals surface area contributed by atoms with Gasteiger partial charge in [0.1, 0.15) is 0 Å².